The summed E-state index contributed by atoms with van der Waals surface area (Å²) in [7, 11) is 0. The number of rotatable bonds is 0. The number of aromatic nitrogens is 2. The summed E-state index contributed by atoms with van der Waals surface area (Å²) in [6, 6.07) is 6.60. The van der Waals surface area contributed by atoms with Gasteiger partial charge in [0.2, 0.25) is 0 Å². The lowest BCUT2D eigenvalue weighted by atomic mass is 10.2. The van der Waals surface area contributed by atoms with Crippen LogP contribution in [0.5, 0.6) is 0 Å². The molecule has 0 saturated heterocycles. The van der Waals surface area contributed by atoms with Gasteiger partial charge >= 0.3 is 6.18 Å². The molecule has 0 bridgehead atoms. The molecule has 0 unspecified atom stereocenters. The Bertz CT molecular complexity index is 498. The summed E-state index contributed by atoms with van der Waals surface area (Å²) in [6.45, 7) is 5.61. The van der Waals surface area contributed by atoms with E-state index in [0.29, 0.717) is 5.56 Å². The first kappa shape index (κ1) is 15.1. The van der Waals surface area contributed by atoms with Crippen molar-refractivity contribution in [2.45, 2.75) is 26.9 Å². The molecule has 0 amide bonds. The van der Waals surface area contributed by atoms with Crippen LogP contribution in [0.3, 0.4) is 0 Å². The van der Waals surface area contributed by atoms with Crippen molar-refractivity contribution in [1.29, 1.82) is 0 Å². The quantitative estimate of drug-likeness (QED) is 0.718. The van der Waals surface area contributed by atoms with E-state index in [-0.39, 0.29) is 0 Å². The molecule has 0 atom stereocenters. The van der Waals surface area contributed by atoms with Crippen LogP contribution in [0.2, 0.25) is 0 Å². The summed E-state index contributed by atoms with van der Waals surface area (Å²) in [5.41, 5.74) is 2.02. The van der Waals surface area contributed by atoms with Gasteiger partial charge in [-0.1, -0.05) is 6.07 Å². The van der Waals surface area contributed by atoms with E-state index in [0.717, 1.165) is 18.0 Å². The van der Waals surface area contributed by atoms with E-state index >= 15 is 0 Å². The second kappa shape index (κ2) is 6.31. The predicted molar refractivity (Wildman–Crippen MR) is 67.7 cm³/mol. The van der Waals surface area contributed by atoms with E-state index in [9.17, 15) is 13.2 Å². The molecular formula is C14H15F3N2. The molecule has 5 heteroatoms. The Morgan fingerprint density at radius 2 is 1.58 bits per heavy atom. The molecule has 2 rings (SSSR count). The summed E-state index contributed by atoms with van der Waals surface area (Å²) in [6.07, 6.45) is -1.31. The smallest absolute Gasteiger partial charge is 0.261 e. The first-order valence-electron chi connectivity index (χ1n) is 5.68. The van der Waals surface area contributed by atoms with E-state index in [1.165, 1.54) is 11.6 Å². The maximum absolute atomic E-state index is 11.9. The molecule has 0 fully saturated rings. The monoisotopic (exact) mass is 268 g/mol. The number of halogens is 3. The van der Waals surface area contributed by atoms with Crippen LogP contribution in [0.4, 0.5) is 13.2 Å². The van der Waals surface area contributed by atoms with Crippen LogP contribution in [0.1, 0.15) is 22.5 Å². The zero-order valence-corrected chi connectivity index (χ0v) is 11.0. The van der Waals surface area contributed by atoms with Gasteiger partial charge in [0, 0.05) is 18.1 Å². The summed E-state index contributed by atoms with van der Waals surface area (Å²) < 4.78 is 35.7. The number of hydrogen-bond acceptors (Lipinski definition) is 2. The molecule has 102 valence electrons. The Hall–Kier alpha value is -1.91. The summed E-state index contributed by atoms with van der Waals surface area (Å²) in [5.74, 6) is 0. The Kier molecular flexibility index (Phi) is 5.03. The molecule has 0 aliphatic rings. The minimum absolute atomic E-state index is 0.562. The Labute approximate surface area is 110 Å². The topological polar surface area (TPSA) is 25.8 Å². The summed E-state index contributed by atoms with van der Waals surface area (Å²) in [5, 5.41) is 0. The molecule has 2 aromatic rings. The fraction of sp³-hybridized carbons (Fsp3) is 0.286. The normalized spacial score (nSPS) is 10.6. The van der Waals surface area contributed by atoms with Gasteiger partial charge in [0.1, 0.15) is 5.69 Å². The molecule has 0 aliphatic carbocycles. The average molecular weight is 268 g/mol. The molecule has 0 aromatic carbocycles. The number of nitrogens with zero attached hydrogens (tertiary/aromatic N) is 2. The number of pyridine rings is 2. The second-order valence-electron chi connectivity index (χ2n) is 4.19. The lowest BCUT2D eigenvalue weighted by Crippen LogP contribution is -2.07. The first-order chi connectivity index (χ1) is 8.79. The van der Waals surface area contributed by atoms with Crippen LogP contribution in [0.25, 0.3) is 0 Å². The van der Waals surface area contributed by atoms with Crippen molar-refractivity contribution in [2.24, 2.45) is 0 Å². The second-order valence-corrected chi connectivity index (χ2v) is 4.19. The van der Waals surface area contributed by atoms with Crippen molar-refractivity contribution in [3.63, 3.8) is 0 Å². The van der Waals surface area contributed by atoms with Crippen molar-refractivity contribution in [1.82, 2.24) is 9.97 Å². The highest BCUT2D eigenvalue weighted by Crippen LogP contribution is 2.27. The van der Waals surface area contributed by atoms with Gasteiger partial charge in [0.25, 0.3) is 0 Å². The third-order valence-corrected chi connectivity index (χ3v) is 2.27. The van der Waals surface area contributed by atoms with Gasteiger partial charge in [0.05, 0.1) is 0 Å². The highest BCUT2D eigenvalue weighted by molar-refractivity contribution is 5.16. The molecular weight excluding hydrogens is 253 g/mol. The SMILES string of the molecule is Cc1ccc(C)nc1.Cc1ccnc(C(F)(F)F)c1. The van der Waals surface area contributed by atoms with Gasteiger partial charge in [-0.05, 0) is 50.1 Å². The van der Waals surface area contributed by atoms with Crippen molar-refractivity contribution >= 4 is 0 Å². The van der Waals surface area contributed by atoms with Crippen LogP contribution in [0.15, 0.2) is 36.7 Å². The number of alkyl halides is 3. The third kappa shape index (κ3) is 5.50. The van der Waals surface area contributed by atoms with Crippen LogP contribution in [-0.4, -0.2) is 9.97 Å². The highest BCUT2D eigenvalue weighted by Gasteiger charge is 2.31. The van der Waals surface area contributed by atoms with Crippen molar-refractivity contribution in [2.75, 3.05) is 0 Å². The van der Waals surface area contributed by atoms with Gasteiger partial charge in [-0.15, -0.1) is 0 Å². The Morgan fingerprint density at radius 1 is 0.895 bits per heavy atom. The molecule has 0 saturated carbocycles. The fourth-order valence-corrected chi connectivity index (χ4v) is 1.23. The molecule has 2 heterocycles. The van der Waals surface area contributed by atoms with Gasteiger partial charge in [-0.2, -0.15) is 13.2 Å². The Balaban J connectivity index is 0.000000200. The van der Waals surface area contributed by atoms with Crippen LogP contribution < -0.4 is 0 Å². The fourth-order valence-electron chi connectivity index (χ4n) is 1.23. The number of aryl methyl sites for hydroxylation is 3. The van der Waals surface area contributed by atoms with Gasteiger partial charge in [0.15, 0.2) is 0 Å². The first-order valence-corrected chi connectivity index (χ1v) is 5.68. The standard InChI is InChI=1S/C7H6F3N.C7H9N/c1-5-2-3-11-6(4-5)7(8,9)10;1-6-3-4-7(2)8-5-6/h2-4H,1H3;3-5H,1-2H3. The lowest BCUT2D eigenvalue weighted by Gasteiger charge is -2.04. The van der Waals surface area contributed by atoms with Gasteiger partial charge in [-0.25, -0.2) is 0 Å². The van der Waals surface area contributed by atoms with Crippen molar-refractivity contribution in [3.05, 3.63) is 59.2 Å². The zero-order chi connectivity index (χ0) is 14.5. The third-order valence-electron chi connectivity index (χ3n) is 2.27. The minimum Gasteiger partial charge on any atom is -0.261 e. The molecule has 0 radical (unpaired) electrons. The summed E-state index contributed by atoms with van der Waals surface area (Å²) in [4.78, 5) is 7.26. The molecule has 0 aliphatic heterocycles. The van der Waals surface area contributed by atoms with E-state index in [2.05, 4.69) is 16.0 Å². The lowest BCUT2D eigenvalue weighted by molar-refractivity contribution is -0.141. The largest absolute Gasteiger partial charge is 0.433 e. The maximum Gasteiger partial charge on any atom is 0.433 e. The van der Waals surface area contributed by atoms with E-state index in [1.54, 1.807) is 6.92 Å². The van der Waals surface area contributed by atoms with Crippen LogP contribution in [0, 0.1) is 20.8 Å². The predicted octanol–water partition coefficient (Wildman–Crippen LogP) is 4.11. The molecule has 0 N–H and O–H groups in total. The number of hydrogen-bond donors (Lipinski definition) is 0. The average Bonchev–Trinajstić information content (AvgIpc) is 2.33. The van der Waals surface area contributed by atoms with Gasteiger partial charge in [-0.3, -0.25) is 9.97 Å². The van der Waals surface area contributed by atoms with Crippen molar-refractivity contribution < 1.29 is 13.2 Å². The van der Waals surface area contributed by atoms with Crippen LogP contribution in [-0.2, 0) is 6.18 Å². The zero-order valence-electron chi connectivity index (χ0n) is 11.0. The minimum atomic E-state index is -4.33. The van der Waals surface area contributed by atoms with E-state index in [1.807, 2.05) is 26.1 Å². The summed E-state index contributed by atoms with van der Waals surface area (Å²) >= 11 is 0. The van der Waals surface area contributed by atoms with E-state index in [4.69, 9.17) is 0 Å². The van der Waals surface area contributed by atoms with E-state index < -0.39 is 11.9 Å². The molecule has 19 heavy (non-hydrogen) atoms. The molecule has 2 aromatic heterocycles. The van der Waals surface area contributed by atoms with Crippen molar-refractivity contribution in [3.8, 4) is 0 Å². The Morgan fingerprint density at radius 3 is 1.95 bits per heavy atom. The molecule has 2 nitrogen and oxygen atoms in total. The van der Waals surface area contributed by atoms with Gasteiger partial charge < -0.3 is 0 Å². The van der Waals surface area contributed by atoms with Crippen LogP contribution >= 0.6 is 0 Å². The maximum atomic E-state index is 11.9. The highest BCUT2D eigenvalue weighted by atomic mass is 19.4. The molecule has 0 spiro atoms.